The Morgan fingerprint density at radius 2 is 2.45 bits per heavy atom. The van der Waals surface area contributed by atoms with Crippen LogP contribution in [0.4, 0.5) is 0 Å². The van der Waals surface area contributed by atoms with Gasteiger partial charge in [0.15, 0.2) is 0 Å². The van der Waals surface area contributed by atoms with Gasteiger partial charge in [-0.2, -0.15) is 0 Å². The lowest BCUT2D eigenvalue weighted by molar-refractivity contribution is 0.0376. The topological polar surface area (TPSA) is 24.5 Å². The number of nitrogens with one attached hydrogen (secondary N) is 1. The molecule has 1 N–H and O–H groups in total. The first-order valence-corrected chi connectivity index (χ1v) is 4.12. The van der Waals surface area contributed by atoms with Gasteiger partial charge in [0.05, 0.1) is 0 Å². The summed E-state index contributed by atoms with van der Waals surface area (Å²) in [6.07, 6.45) is 6.39. The van der Waals surface area contributed by atoms with Crippen LogP contribution in [-0.2, 0) is 4.74 Å². The van der Waals surface area contributed by atoms with Gasteiger partial charge in [-0.3, -0.25) is 0 Å². The largest absolute Gasteiger partial charge is 0.358 e. The van der Waals surface area contributed by atoms with Crippen molar-refractivity contribution in [1.82, 2.24) is 10.4 Å². The van der Waals surface area contributed by atoms with Crippen molar-refractivity contribution in [3.8, 4) is 0 Å². The quantitative estimate of drug-likeness (QED) is 0.617. The molecular formula is C8H16N2O. The van der Waals surface area contributed by atoms with Crippen molar-refractivity contribution in [1.29, 1.82) is 0 Å². The monoisotopic (exact) mass is 156 g/mol. The number of nitrogens with zero attached hydrogens (tertiary/aromatic N) is 1. The molecule has 64 valence electrons. The smallest absolute Gasteiger partial charge is 0.145 e. The lowest BCUT2D eigenvalue weighted by Gasteiger charge is -2.14. The van der Waals surface area contributed by atoms with Crippen LogP contribution < -0.4 is 5.43 Å². The second-order valence-corrected chi connectivity index (χ2v) is 2.73. The number of hydrogen-bond acceptors (Lipinski definition) is 3. The van der Waals surface area contributed by atoms with Crippen molar-refractivity contribution in [2.45, 2.75) is 26.0 Å². The Kier molecular flexibility index (Phi) is 3.39. The summed E-state index contributed by atoms with van der Waals surface area (Å²) < 4.78 is 5.47. The molecule has 1 heterocycles. The molecule has 0 saturated heterocycles. The minimum atomic E-state index is 0.0894. The first kappa shape index (κ1) is 8.56. The highest BCUT2D eigenvalue weighted by Crippen LogP contribution is 2.01. The van der Waals surface area contributed by atoms with E-state index in [0.29, 0.717) is 0 Å². The minimum absolute atomic E-state index is 0.0894. The van der Waals surface area contributed by atoms with Gasteiger partial charge >= 0.3 is 0 Å². The summed E-state index contributed by atoms with van der Waals surface area (Å²) in [5.74, 6) is 0. The summed E-state index contributed by atoms with van der Waals surface area (Å²) in [5.41, 5.74) is 3.11. The molecule has 0 aromatic rings. The van der Waals surface area contributed by atoms with E-state index in [9.17, 15) is 0 Å². The number of hydrogen-bond donors (Lipinski definition) is 1. The van der Waals surface area contributed by atoms with E-state index in [0.717, 1.165) is 13.0 Å². The summed E-state index contributed by atoms with van der Waals surface area (Å²) in [6, 6.07) is 0. The fourth-order valence-corrected chi connectivity index (χ4v) is 0.941. The zero-order valence-electron chi connectivity index (χ0n) is 7.21. The first-order valence-electron chi connectivity index (χ1n) is 4.12. The summed E-state index contributed by atoms with van der Waals surface area (Å²) in [7, 11) is 1.96. The van der Waals surface area contributed by atoms with Crippen molar-refractivity contribution in [2.24, 2.45) is 0 Å². The van der Waals surface area contributed by atoms with Gasteiger partial charge in [-0.15, -0.1) is 0 Å². The van der Waals surface area contributed by atoms with Gasteiger partial charge in [0.2, 0.25) is 0 Å². The molecule has 1 rings (SSSR count). The molecule has 1 unspecified atom stereocenters. The van der Waals surface area contributed by atoms with Crippen LogP contribution in [-0.4, -0.2) is 24.9 Å². The predicted octanol–water partition coefficient (Wildman–Crippen LogP) is 1.09. The third-order valence-corrected chi connectivity index (χ3v) is 1.61. The zero-order valence-corrected chi connectivity index (χ0v) is 7.21. The summed E-state index contributed by atoms with van der Waals surface area (Å²) in [6.45, 7) is 3.00. The fraction of sp³-hybridized carbons (Fsp3) is 0.750. The zero-order chi connectivity index (χ0) is 8.10. The second kappa shape index (κ2) is 4.36. The fourth-order valence-electron chi connectivity index (χ4n) is 0.941. The van der Waals surface area contributed by atoms with Crippen LogP contribution in [0.15, 0.2) is 12.3 Å². The molecule has 11 heavy (non-hydrogen) atoms. The van der Waals surface area contributed by atoms with Crippen molar-refractivity contribution < 1.29 is 4.74 Å². The highest BCUT2D eigenvalue weighted by atomic mass is 16.5. The SMILES string of the molecule is CCCCOC1C=CN(C)N1. The lowest BCUT2D eigenvalue weighted by Crippen LogP contribution is -2.34. The minimum Gasteiger partial charge on any atom is -0.358 e. The maximum absolute atomic E-state index is 5.47. The van der Waals surface area contributed by atoms with Crippen molar-refractivity contribution in [3.05, 3.63) is 12.3 Å². The molecule has 1 aliphatic heterocycles. The Bertz CT molecular complexity index is 136. The molecule has 0 saturated carbocycles. The van der Waals surface area contributed by atoms with Crippen LogP contribution in [0, 0.1) is 0 Å². The maximum atomic E-state index is 5.47. The van der Waals surface area contributed by atoms with E-state index in [-0.39, 0.29) is 6.23 Å². The predicted molar refractivity (Wildman–Crippen MR) is 44.7 cm³/mol. The Hall–Kier alpha value is -0.540. The molecule has 3 nitrogen and oxygen atoms in total. The van der Waals surface area contributed by atoms with E-state index in [1.165, 1.54) is 6.42 Å². The lowest BCUT2D eigenvalue weighted by atomic mass is 10.4. The number of unbranched alkanes of at least 4 members (excludes halogenated alkanes) is 1. The maximum Gasteiger partial charge on any atom is 0.145 e. The molecule has 0 fully saturated rings. The molecule has 1 atom stereocenters. The van der Waals surface area contributed by atoms with Crippen LogP contribution in [0.2, 0.25) is 0 Å². The summed E-state index contributed by atoms with van der Waals surface area (Å²) in [5, 5.41) is 1.90. The van der Waals surface area contributed by atoms with Crippen molar-refractivity contribution >= 4 is 0 Å². The third kappa shape index (κ3) is 2.91. The van der Waals surface area contributed by atoms with Crippen molar-refractivity contribution in [2.75, 3.05) is 13.7 Å². The third-order valence-electron chi connectivity index (χ3n) is 1.61. The molecule has 0 aromatic carbocycles. The molecule has 0 radical (unpaired) electrons. The van der Waals surface area contributed by atoms with Crippen LogP contribution in [0.5, 0.6) is 0 Å². The van der Waals surface area contributed by atoms with Crippen LogP contribution >= 0.6 is 0 Å². The van der Waals surface area contributed by atoms with Crippen LogP contribution in [0.1, 0.15) is 19.8 Å². The van der Waals surface area contributed by atoms with Crippen LogP contribution in [0.25, 0.3) is 0 Å². The van der Waals surface area contributed by atoms with E-state index in [4.69, 9.17) is 4.74 Å². The van der Waals surface area contributed by atoms with E-state index in [1.54, 1.807) is 0 Å². The van der Waals surface area contributed by atoms with E-state index in [1.807, 2.05) is 24.3 Å². The Morgan fingerprint density at radius 1 is 1.64 bits per heavy atom. The van der Waals surface area contributed by atoms with E-state index in [2.05, 4.69) is 12.3 Å². The van der Waals surface area contributed by atoms with E-state index < -0.39 is 0 Å². The number of rotatable bonds is 4. The molecule has 0 bridgehead atoms. The van der Waals surface area contributed by atoms with Gasteiger partial charge in [0, 0.05) is 19.9 Å². The molecule has 0 spiro atoms. The molecule has 0 aliphatic carbocycles. The molecule has 0 aromatic heterocycles. The normalized spacial score (nSPS) is 23.1. The molecule has 0 amide bonds. The molecule has 1 aliphatic rings. The number of ether oxygens (including phenoxy) is 1. The van der Waals surface area contributed by atoms with Crippen molar-refractivity contribution in [3.63, 3.8) is 0 Å². The van der Waals surface area contributed by atoms with E-state index >= 15 is 0 Å². The Balaban J connectivity index is 2.05. The Morgan fingerprint density at radius 3 is 3.00 bits per heavy atom. The van der Waals surface area contributed by atoms with Crippen LogP contribution in [0.3, 0.4) is 0 Å². The molecule has 3 heteroatoms. The summed E-state index contributed by atoms with van der Waals surface area (Å²) >= 11 is 0. The standard InChI is InChI=1S/C8H16N2O/c1-3-4-7-11-8-5-6-10(2)9-8/h5-6,8-9H,3-4,7H2,1-2H3. The average Bonchev–Trinajstić information content (AvgIpc) is 2.37. The van der Waals surface area contributed by atoms with Gasteiger partial charge in [-0.25, -0.2) is 5.43 Å². The van der Waals surface area contributed by atoms with Gasteiger partial charge < -0.3 is 9.75 Å². The van der Waals surface area contributed by atoms with Gasteiger partial charge in [0.25, 0.3) is 0 Å². The highest BCUT2D eigenvalue weighted by molar-refractivity contribution is 4.92. The number of hydrazine groups is 1. The van der Waals surface area contributed by atoms with Gasteiger partial charge in [-0.05, 0) is 12.5 Å². The van der Waals surface area contributed by atoms with Gasteiger partial charge in [0.1, 0.15) is 6.23 Å². The van der Waals surface area contributed by atoms with Gasteiger partial charge in [-0.1, -0.05) is 13.3 Å². The second-order valence-electron chi connectivity index (χ2n) is 2.73. The Labute approximate surface area is 68.0 Å². The molecular weight excluding hydrogens is 140 g/mol. The average molecular weight is 156 g/mol. The highest BCUT2D eigenvalue weighted by Gasteiger charge is 2.10. The summed E-state index contributed by atoms with van der Waals surface area (Å²) in [4.78, 5) is 0. The first-order chi connectivity index (χ1) is 5.33.